The smallest absolute Gasteiger partial charge is 0.0233 e. The van der Waals surface area contributed by atoms with E-state index in [4.69, 9.17) is 0 Å². The van der Waals surface area contributed by atoms with E-state index < -0.39 is 0 Å². The summed E-state index contributed by atoms with van der Waals surface area (Å²) in [5, 5.41) is 0. The van der Waals surface area contributed by atoms with Crippen LogP contribution in [0.1, 0.15) is 34.1 Å². The average molecular weight is 138 g/mol. The molecule has 2 fully saturated rings. The Kier molecular flexibility index (Phi) is 1.07. The highest BCUT2D eigenvalue weighted by molar-refractivity contribution is 5.20. The molecule has 5 unspecified atom stereocenters. The summed E-state index contributed by atoms with van der Waals surface area (Å²) >= 11 is 0. The molecular formula is C10H18. The van der Waals surface area contributed by atoms with Gasteiger partial charge in [0.1, 0.15) is 0 Å². The van der Waals surface area contributed by atoms with E-state index >= 15 is 0 Å². The number of hydrogen-bond donors (Lipinski definition) is 0. The van der Waals surface area contributed by atoms with Gasteiger partial charge in [-0.15, -0.1) is 0 Å². The fourth-order valence-electron chi connectivity index (χ4n) is 3.69. The van der Waals surface area contributed by atoms with Gasteiger partial charge in [-0.2, -0.15) is 0 Å². The quantitative estimate of drug-likeness (QED) is 0.522. The lowest BCUT2D eigenvalue weighted by atomic mass is 9.67. The average Bonchev–Trinajstić information content (AvgIpc) is 2.52. The second-order valence-corrected chi connectivity index (χ2v) is 4.55. The van der Waals surface area contributed by atoms with E-state index in [2.05, 4.69) is 27.7 Å². The lowest BCUT2D eigenvalue weighted by Crippen LogP contribution is -2.32. The van der Waals surface area contributed by atoms with E-state index in [0.29, 0.717) is 0 Å². The number of hydrogen-bond acceptors (Lipinski definition) is 0. The minimum atomic E-state index is 0.786. The minimum Gasteiger partial charge on any atom is -0.0651 e. The first-order valence-electron chi connectivity index (χ1n) is 4.64. The maximum atomic E-state index is 2.48. The molecule has 0 bridgehead atoms. The lowest BCUT2D eigenvalue weighted by Gasteiger charge is -2.37. The largest absolute Gasteiger partial charge is 0.0651 e. The molecule has 10 heavy (non-hydrogen) atoms. The van der Waals surface area contributed by atoms with Crippen molar-refractivity contribution < 1.29 is 0 Å². The third-order valence-corrected chi connectivity index (χ3v) is 4.62. The van der Waals surface area contributed by atoms with Crippen LogP contribution in [0.5, 0.6) is 0 Å². The maximum absolute atomic E-state index is 2.48. The molecule has 2 aliphatic carbocycles. The minimum absolute atomic E-state index is 0.786. The van der Waals surface area contributed by atoms with Gasteiger partial charge >= 0.3 is 0 Å². The Bertz CT molecular complexity index is 155. The number of fused-ring (bicyclic) bond motifs is 1. The molecule has 0 nitrogen and oxygen atoms in total. The second-order valence-electron chi connectivity index (χ2n) is 4.55. The Morgan fingerprint density at radius 3 is 2.10 bits per heavy atom. The molecule has 0 aromatic carbocycles. The van der Waals surface area contributed by atoms with Crippen LogP contribution in [0.3, 0.4) is 0 Å². The summed E-state index contributed by atoms with van der Waals surface area (Å²) in [5.74, 6) is 4.21. The van der Waals surface area contributed by atoms with Gasteiger partial charge in [-0.1, -0.05) is 34.1 Å². The monoisotopic (exact) mass is 138 g/mol. The van der Waals surface area contributed by atoms with E-state index in [1.165, 1.54) is 6.42 Å². The summed E-state index contributed by atoms with van der Waals surface area (Å²) < 4.78 is 0. The summed E-state index contributed by atoms with van der Waals surface area (Å²) in [6.45, 7) is 9.67. The lowest BCUT2D eigenvalue weighted by molar-refractivity contribution is 0.105. The second kappa shape index (κ2) is 1.60. The number of rotatable bonds is 1. The molecule has 0 spiro atoms. The Balaban J connectivity index is 2.12. The highest BCUT2D eigenvalue weighted by atomic mass is 14.8. The molecule has 58 valence electrons. The third-order valence-electron chi connectivity index (χ3n) is 4.62. The summed E-state index contributed by atoms with van der Waals surface area (Å²) in [6.07, 6.45) is 1.41. The van der Waals surface area contributed by atoms with Crippen LogP contribution in [-0.2, 0) is 0 Å². The molecule has 0 radical (unpaired) electrons. The Morgan fingerprint density at radius 1 is 1.30 bits per heavy atom. The summed E-state index contributed by atoms with van der Waals surface area (Å²) in [6, 6.07) is 0. The van der Waals surface area contributed by atoms with Crippen molar-refractivity contribution in [3.63, 3.8) is 0 Å². The molecule has 0 aliphatic heterocycles. The van der Waals surface area contributed by atoms with Gasteiger partial charge in [-0.05, 0) is 29.1 Å². The molecule has 2 saturated carbocycles. The van der Waals surface area contributed by atoms with Gasteiger partial charge in [0.05, 0.1) is 0 Å². The zero-order valence-electron chi connectivity index (χ0n) is 7.52. The van der Waals surface area contributed by atoms with E-state index in [0.717, 1.165) is 29.1 Å². The van der Waals surface area contributed by atoms with Gasteiger partial charge in [0.2, 0.25) is 0 Å². The van der Waals surface area contributed by atoms with Crippen molar-refractivity contribution in [1.29, 1.82) is 0 Å². The SMILES string of the molecule is CCC1C2C(C)C(C)C12C. The van der Waals surface area contributed by atoms with Crippen LogP contribution in [0.15, 0.2) is 0 Å². The first kappa shape index (κ1) is 6.69. The van der Waals surface area contributed by atoms with Gasteiger partial charge in [0.15, 0.2) is 0 Å². The van der Waals surface area contributed by atoms with Crippen molar-refractivity contribution >= 4 is 0 Å². The van der Waals surface area contributed by atoms with E-state index in [1.54, 1.807) is 0 Å². The maximum Gasteiger partial charge on any atom is -0.0233 e. The first-order valence-corrected chi connectivity index (χ1v) is 4.64. The Morgan fingerprint density at radius 2 is 1.90 bits per heavy atom. The standard InChI is InChI=1S/C10H18/c1-5-8-9-6(2)7(3)10(8,9)4/h6-9H,5H2,1-4H3. The van der Waals surface area contributed by atoms with Gasteiger partial charge < -0.3 is 0 Å². The van der Waals surface area contributed by atoms with Crippen molar-refractivity contribution in [2.75, 3.05) is 0 Å². The van der Waals surface area contributed by atoms with Crippen LogP contribution < -0.4 is 0 Å². The molecule has 2 rings (SSSR count). The Hall–Kier alpha value is 0. The van der Waals surface area contributed by atoms with Crippen molar-refractivity contribution in [2.45, 2.75) is 34.1 Å². The topological polar surface area (TPSA) is 0 Å². The summed E-state index contributed by atoms with van der Waals surface area (Å²) in [4.78, 5) is 0. The molecular weight excluding hydrogens is 120 g/mol. The van der Waals surface area contributed by atoms with Crippen LogP contribution >= 0.6 is 0 Å². The molecule has 0 heteroatoms. The first-order chi connectivity index (χ1) is 4.64. The van der Waals surface area contributed by atoms with Crippen LogP contribution in [-0.4, -0.2) is 0 Å². The zero-order valence-corrected chi connectivity index (χ0v) is 7.52. The molecule has 2 aliphatic rings. The highest BCUT2D eigenvalue weighted by Crippen LogP contribution is 2.78. The van der Waals surface area contributed by atoms with Crippen LogP contribution in [0, 0.1) is 29.1 Å². The fourth-order valence-corrected chi connectivity index (χ4v) is 3.69. The molecule has 0 N–H and O–H groups in total. The van der Waals surface area contributed by atoms with E-state index in [-0.39, 0.29) is 0 Å². The molecule has 0 saturated heterocycles. The summed E-state index contributed by atoms with van der Waals surface area (Å²) in [7, 11) is 0. The van der Waals surface area contributed by atoms with Crippen LogP contribution in [0.25, 0.3) is 0 Å². The normalized spacial score (nSPS) is 64.8. The van der Waals surface area contributed by atoms with Gasteiger partial charge in [-0.25, -0.2) is 0 Å². The van der Waals surface area contributed by atoms with Crippen molar-refractivity contribution in [3.8, 4) is 0 Å². The van der Waals surface area contributed by atoms with Gasteiger partial charge in [0, 0.05) is 0 Å². The highest BCUT2D eigenvalue weighted by Gasteiger charge is 2.73. The zero-order chi connectivity index (χ0) is 7.52. The van der Waals surface area contributed by atoms with E-state index in [1.807, 2.05) is 0 Å². The van der Waals surface area contributed by atoms with Gasteiger partial charge in [0.25, 0.3) is 0 Å². The van der Waals surface area contributed by atoms with Crippen LogP contribution in [0.2, 0.25) is 0 Å². The molecule has 0 aromatic rings. The summed E-state index contributed by atoms with van der Waals surface area (Å²) in [5.41, 5.74) is 0.786. The van der Waals surface area contributed by atoms with Crippen molar-refractivity contribution in [2.24, 2.45) is 29.1 Å². The molecule has 5 atom stereocenters. The molecule has 0 aromatic heterocycles. The van der Waals surface area contributed by atoms with Crippen molar-refractivity contribution in [1.82, 2.24) is 0 Å². The molecule has 0 heterocycles. The van der Waals surface area contributed by atoms with Crippen LogP contribution in [0.4, 0.5) is 0 Å². The fraction of sp³-hybridized carbons (Fsp3) is 1.00. The third kappa shape index (κ3) is 0.436. The predicted octanol–water partition coefficient (Wildman–Crippen LogP) is 2.93. The predicted molar refractivity (Wildman–Crippen MR) is 43.7 cm³/mol. The Labute approximate surface area is 64.0 Å². The van der Waals surface area contributed by atoms with Crippen molar-refractivity contribution in [3.05, 3.63) is 0 Å². The van der Waals surface area contributed by atoms with E-state index in [9.17, 15) is 0 Å². The van der Waals surface area contributed by atoms with Gasteiger partial charge in [-0.3, -0.25) is 0 Å². The molecule has 0 amide bonds.